The maximum absolute atomic E-state index is 12.2. The molecule has 106 valence electrons. The molecule has 0 bridgehead atoms. The molecule has 1 saturated carbocycles. The summed E-state index contributed by atoms with van der Waals surface area (Å²) in [4.78, 5) is 12.2. The third kappa shape index (κ3) is 1.37. The molecule has 5 heteroatoms. The van der Waals surface area contributed by atoms with Gasteiger partial charge in [-0.2, -0.15) is 0 Å². The van der Waals surface area contributed by atoms with Crippen LogP contribution >= 0.6 is 0 Å². The first-order valence-electron chi connectivity index (χ1n) is 6.92. The second-order valence-electron chi connectivity index (χ2n) is 6.13. The summed E-state index contributed by atoms with van der Waals surface area (Å²) in [5.74, 6) is -0.397. The zero-order chi connectivity index (χ0) is 14.1. The van der Waals surface area contributed by atoms with Crippen molar-refractivity contribution < 1.29 is 24.9 Å². The predicted octanol–water partition coefficient (Wildman–Crippen LogP) is 1.05. The third-order valence-corrected chi connectivity index (χ3v) is 5.13. The van der Waals surface area contributed by atoms with Gasteiger partial charge in [-0.05, 0) is 25.0 Å². The molecule has 1 unspecified atom stereocenters. The summed E-state index contributed by atoms with van der Waals surface area (Å²) >= 11 is 0. The maximum atomic E-state index is 12.2. The Bertz CT molecular complexity index is 611. The van der Waals surface area contributed by atoms with E-state index >= 15 is 0 Å². The van der Waals surface area contributed by atoms with Gasteiger partial charge >= 0.3 is 0 Å². The molecule has 4 rings (SSSR count). The van der Waals surface area contributed by atoms with Gasteiger partial charge < -0.3 is 20.1 Å². The number of aliphatic hydroxyl groups is 1. The minimum Gasteiger partial charge on any atom is -0.508 e. The molecule has 2 aliphatic carbocycles. The Balaban J connectivity index is 1.92. The molecule has 4 atom stereocenters. The van der Waals surface area contributed by atoms with Crippen LogP contribution in [0.2, 0.25) is 0 Å². The number of hydrogen-bond acceptors (Lipinski definition) is 5. The minimum atomic E-state index is -0.987. The Kier molecular flexibility index (Phi) is 2.28. The summed E-state index contributed by atoms with van der Waals surface area (Å²) in [7, 11) is 0. The first kappa shape index (κ1) is 12.2. The van der Waals surface area contributed by atoms with Crippen LogP contribution in [0.15, 0.2) is 12.1 Å². The van der Waals surface area contributed by atoms with Crippen molar-refractivity contribution in [1.82, 2.24) is 0 Å². The van der Waals surface area contributed by atoms with Crippen molar-refractivity contribution in [2.45, 2.75) is 31.0 Å². The molecule has 0 aromatic heterocycles. The van der Waals surface area contributed by atoms with E-state index in [9.17, 15) is 20.1 Å². The topological polar surface area (TPSA) is 87.0 Å². The lowest BCUT2D eigenvalue weighted by atomic mass is 9.61. The first-order chi connectivity index (χ1) is 9.51. The standard InChI is InChI=1S/C15H16O5/c16-9-1-2-11(18)12-7(9)5-8-10(17)3-4-15(19)6-20-14(12)13(8)15/h1-2,8,13-14,16,18-19H,3-6H2/t8?,13-,14+,15-/m1/s1. The Hall–Kier alpha value is -1.59. The van der Waals surface area contributed by atoms with Gasteiger partial charge in [-0.3, -0.25) is 4.79 Å². The van der Waals surface area contributed by atoms with Gasteiger partial charge in [0.1, 0.15) is 17.3 Å². The van der Waals surface area contributed by atoms with E-state index in [2.05, 4.69) is 0 Å². The number of phenolic OH excluding ortho intramolecular Hbond substituents is 2. The van der Waals surface area contributed by atoms with Gasteiger partial charge in [0.15, 0.2) is 0 Å². The molecule has 0 spiro atoms. The van der Waals surface area contributed by atoms with Gasteiger partial charge in [0.05, 0.1) is 18.3 Å². The molecule has 0 amide bonds. The lowest BCUT2D eigenvalue weighted by Crippen LogP contribution is -2.50. The minimum absolute atomic E-state index is 0.0588. The van der Waals surface area contributed by atoms with E-state index in [1.54, 1.807) is 0 Å². The monoisotopic (exact) mass is 276 g/mol. The number of phenols is 2. The number of carbonyl (C=O) groups excluding carboxylic acids is 1. The molecule has 1 aromatic rings. The normalized spacial score (nSPS) is 38.5. The summed E-state index contributed by atoms with van der Waals surface area (Å²) < 4.78 is 5.71. The van der Waals surface area contributed by atoms with Crippen LogP contribution in [0.1, 0.15) is 30.1 Å². The average molecular weight is 276 g/mol. The van der Waals surface area contributed by atoms with E-state index in [0.717, 1.165) is 0 Å². The van der Waals surface area contributed by atoms with Crippen molar-refractivity contribution in [3.8, 4) is 11.5 Å². The number of rotatable bonds is 0. The Morgan fingerprint density at radius 2 is 2.00 bits per heavy atom. The van der Waals surface area contributed by atoms with Gasteiger partial charge in [0.2, 0.25) is 0 Å². The van der Waals surface area contributed by atoms with Crippen LogP contribution in [0.25, 0.3) is 0 Å². The Morgan fingerprint density at radius 3 is 2.80 bits per heavy atom. The number of benzene rings is 1. The van der Waals surface area contributed by atoms with Crippen LogP contribution in [0.3, 0.4) is 0 Å². The van der Waals surface area contributed by atoms with E-state index in [0.29, 0.717) is 30.4 Å². The third-order valence-electron chi connectivity index (χ3n) is 5.13. The van der Waals surface area contributed by atoms with Crippen molar-refractivity contribution in [1.29, 1.82) is 0 Å². The summed E-state index contributed by atoms with van der Waals surface area (Å²) in [6.45, 7) is 0.181. The lowest BCUT2D eigenvalue weighted by molar-refractivity contribution is -0.137. The van der Waals surface area contributed by atoms with Crippen LogP contribution in [0.5, 0.6) is 11.5 Å². The number of carbonyl (C=O) groups is 1. The average Bonchev–Trinajstić information content (AvgIpc) is 2.78. The SMILES string of the molecule is O=C1CC[C@@]2(O)CO[C@H]3c4c(O)ccc(O)c4CC1[C@H]32. The summed E-state index contributed by atoms with van der Waals surface area (Å²) in [6.07, 6.45) is 0.618. The fourth-order valence-corrected chi connectivity index (χ4v) is 4.16. The second kappa shape index (κ2) is 3.74. The predicted molar refractivity (Wildman–Crippen MR) is 68.3 cm³/mol. The molecule has 5 nitrogen and oxygen atoms in total. The molecule has 20 heavy (non-hydrogen) atoms. The van der Waals surface area contributed by atoms with Gasteiger partial charge in [0, 0.05) is 29.4 Å². The molecule has 1 aliphatic heterocycles. The molecule has 1 heterocycles. The molecule has 0 radical (unpaired) electrons. The highest BCUT2D eigenvalue weighted by Gasteiger charge is 2.59. The van der Waals surface area contributed by atoms with E-state index in [-0.39, 0.29) is 35.7 Å². The smallest absolute Gasteiger partial charge is 0.136 e. The van der Waals surface area contributed by atoms with Gasteiger partial charge in [0.25, 0.3) is 0 Å². The van der Waals surface area contributed by atoms with Gasteiger partial charge in [-0.1, -0.05) is 0 Å². The number of Topliss-reactive ketones (excluding diaryl/α,β-unsaturated/α-hetero) is 1. The number of hydrogen-bond donors (Lipinski definition) is 3. The van der Waals surface area contributed by atoms with Gasteiger partial charge in [-0.15, -0.1) is 0 Å². The van der Waals surface area contributed by atoms with Crippen molar-refractivity contribution >= 4 is 5.78 Å². The molecule has 2 fully saturated rings. The van der Waals surface area contributed by atoms with Crippen molar-refractivity contribution in [3.05, 3.63) is 23.3 Å². The van der Waals surface area contributed by atoms with E-state index in [1.807, 2.05) is 0 Å². The summed E-state index contributed by atoms with van der Waals surface area (Å²) in [6, 6.07) is 2.86. The number of ether oxygens (including phenoxy) is 1. The number of aromatic hydroxyl groups is 2. The summed E-state index contributed by atoms with van der Waals surface area (Å²) in [5, 5.41) is 30.8. The Morgan fingerprint density at radius 1 is 1.25 bits per heavy atom. The molecule has 3 N–H and O–H groups in total. The van der Waals surface area contributed by atoms with Crippen molar-refractivity contribution in [2.24, 2.45) is 11.8 Å². The van der Waals surface area contributed by atoms with Crippen LogP contribution in [-0.4, -0.2) is 33.3 Å². The zero-order valence-electron chi connectivity index (χ0n) is 10.9. The number of fused-ring (bicyclic) bond motifs is 2. The highest BCUT2D eigenvalue weighted by molar-refractivity contribution is 5.84. The van der Waals surface area contributed by atoms with Crippen LogP contribution < -0.4 is 0 Å². The quantitative estimate of drug-likeness (QED) is 0.617. The van der Waals surface area contributed by atoms with Crippen LogP contribution in [0.4, 0.5) is 0 Å². The first-order valence-corrected chi connectivity index (χ1v) is 6.92. The van der Waals surface area contributed by atoms with Crippen LogP contribution in [0, 0.1) is 11.8 Å². The fourth-order valence-electron chi connectivity index (χ4n) is 4.16. The highest BCUT2D eigenvalue weighted by Crippen LogP contribution is 2.57. The van der Waals surface area contributed by atoms with Crippen molar-refractivity contribution in [3.63, 3.8) is 0 Å². The van der Waals surface area contributed by atoms with Gasteiger partial charge in [-0.25, -0.2) is 0 Å². The molecule has 1 saturated heterocycles. The van der Waals surface area contributed by atoms with E-state index < -0.39 is 11.7 Å². The zero-order valence-corrected chi connectivity index (χ0v) is 10.9. The second-order valence-corrected chi connectivity index (χ2v) is 6.13. The number of ketones is 1. The molecule has 3 aliphatic rings. The molecular formula is C15H16O5. The lowest BCUT2D eigenvalue weighted by Gasteiger charge is -2.43. The highest BCUT2D eigenvalue weighted by atomic mass is 16.5. The Labute approximate surface area is 115 Å². The maximum Gasteiger partial charge on any atom is 0.136 e. The van der Waals surface area contributed by atoms with E-state index in [4.69, 9.17) is 4.74 Å². The molecule has 1 aromatic carbocycles. The van der Waals surface area contributed by atoms with Crippen molar-refractivity contribution in [2.75, 3.05) is 6.61 Å². The van der Waals surface area contributed by atoms with Crippen LogP contribution in [-0.2, 0) is 16.0 Å². The molecular weight excluding hydrogens is 260 g/mol. The summed E-state index contributed by atoms with van der Waals surface area (Å²) in [5.41, 5.74) is 0.131. The van der Waals surface area contributed by atoms with E-state index in [1.165, 1.54) is 12.1 Å². The largest absolute Gasteiger partial charge is 0.508 e. The fraction of sp³-hybridized carbons (Fsp3) is 0.533.